The van der Waals surface area contributed by atoms with Gasteiger partial charge in [-0.05, 0) is 55.1 Å². The summed E-state index contributed by atoms with van der Waals surface area (Å²) >= 11 is 7.49. The predicted molar refractivity (Wildman–Crippen MR) is 96.3 cm³/mol. The minimum atomic E-state index is 0.0102. The summed E-state index contributed by atoms with van der Waals surface area (Å²) in [6.07, 6.45) is 3.75. The molecule has 0 aliphatic carbocycles. The van der Waals surface area contributed by atoms with Gasteiger partial charge in [-0.2, -0.15) is 0 Å². The third-order valence-electron chi connectivity index (χ3n) is 4.29. The van der Waals surface area contributed by atoms with Gasteiger partial charge in [-0.3, -0.25) is 9.69 Å². The van der Waals surface area contributed by atoms with Crippen LogP contribution >= 0.6 is 22.9 Å². The Labute approximate surface area is 146 Å². The van der Waals surface area contributed by atoms with E-state index >= 15 is 0 Å². The van der Waals surface area contributed by atoms with Crippen molar-refractivity contribution in [1.82, 2.24) is 10.2 Å². The zero-order valence-corrected chi connectivity index (χ0v) is 14.6. The Balaban J connectivity index is 1.72. The van der Waals surface area contributed by atoms with Gasteiger partial charge in [0.2, 0.25) is 0 Å². The van der Waals surface area contributed by atoms with Crippen molar-refractivity contribution < 1.29 is 4.79 Å². The molecule has 2 heterocycles. The number of hydrogen-bond donors (Lipinski definition) is 1. The van der Waals surface area contributed by atoms with Crippen LogP contribution in [0.25, 0.3) is 0 Å². The first-order valence-corrected chi connectivity index (χ1v) is 9.31. The van der Waals surface area contributed by atoms with E-state index in [2.05, 4.69) is 22.3 Å². The summed E-state index contributed by atoms with van der Waals surface area (Å²) in [6.45, 7) is 2.79. The number of nitrogens with one attached hydrogen (secondary N) is 1. The summed E-state index contributed by atoms with van der Waals surface area (Å²) < 4.78 is 0. The molecule has 0 radical (unpaired) electrons. The fraction of sp³-hybridized carbons (Fsp3) is 0.389. The second-order valence-electron chi connectivity index (χ2n) is 5.85. The summed E-state index contributed by atoms with van der Waals surface area (Å²) in [4.78, 5) is 15.5. The maximum absolute atomic E-state index is 12.2. The van der Waals surface area contributed by atoms with Crippen LogP contribution in [0.4, 0.5) is 0 Å². The van der Waals surface area contributed by atoms with Crippen molar-refractivity contribution in [2.75, 3.05) is 19.6 Å². The maximum Gasteiger partial charge on any atom is 0.261 e. The van der Waals surface area contributed by atoms with Gasteiger partial charge >= 0.3 is 0 Å². The fourth-order valence-electron chi connectivity index (χ4n) is 3.06. The average Bonchev–Trinajstić information content (AvgIpc) is 3.12. The van der Waals surface area contributed by atoms with E-state index in [0.717, 1.165) is 23.0 Å². The van der Waals surface area contributed by atoms with Crippen LogP contribution in [-0.2, 0) is 0 Å². The molecule has 3 rings (SSSR count). The summed E-state index contributed by atoms with van der Waals surface area (Å²) in [5.41, 5.74) is 1.21. The molecule has 5 heteroatoms. The van der Waals surface area contributed by atoms with E-state index in [1.807, 2.05) is 29.6 Å². The van der Waals surface area contributed by atoms with E-state index in [0.29, 0.717) is 6.54 Å². The fourth-order valence-corrected chi connectivity index (χ4v) is 3.82. The second-order valence-corrected chi connectivity index (χ2v) is 7.24. The van der Waals surface area contributed by atoms with Gasteiger partial charge in [0.1, 0.15) is 0 Å². The van der Waals surface area contributed by atoms with Gasteiger partial charge in [-0.25, -0.2) is 0 Å². The highest BCUT2D eigenvalue weighted by molar-refractivity contribution is 7.12. The number of halogens is 1. The molecule has 1 N–H and O–H groups in total. The molecule has 1 atom stereocenters. The summed E-state index contributed by atoms with van der Waals surface area (Å²) in [5, 5.41) is 5.76. The normalized spacial score (nSPS) is 16.9. The lowest BCUT2D eigenvalue weighted by Gasteiger charge is -2.35. The lowest BCUT2D eigenvalue weighted by molar-refractivity contribution is 0.0928. The lowest BCUT2D eigenvalue weighted by atomic mass is 10.0. The van der Waals surface area contributed by atoms with Gasteiger partial charge in [0.05, 0.1) is 10.9 Å². The van der Waals surface area contributed by atoms with Crippen molar-refractivity contribution in [3.05, 3.63) is 57.2 Å². The molecular weight excluding hydrogens is 328 g/mol. The number of likely N-dealkylation sites (tertiary alicyclic amines) is 1. The number of nitrogens with zero attached hydrogens (tertiary/aromatic N) is 1. The van der Waals surface area contributed by atoms with Gasteiger partial charge in [-0.15, -0.1) is 11.3 Å². The molecule has 1 aliphatic rings. The van der Waals surface area contributed by atoms with Crippen LogP contribution in [0.3, 0.4) is 0 Å². The van der Waals surface area contributed by atoms with Crippen molar-refractivity contribution in [3.63, 3.8) is 0 Å². The topological polar surface area (TPSA) is 32.3 Å². The molecule has 1 aromatic carbocycles. The van der Waals surface area contributed by atoms with Crippen LogP contribution < -0.4 is 5.32 Å². The van der Waals surface area contributed by atoms with Crippen LogP contribution in [0, 0.1) is 0 Å². The molecule has 1 amide bonds. The molecule has 0 saturated carbocycles. The summed E-state index contributed by atoms with van der Waals surface area (Å²) in [5.74, 6) is 0.0102. The molecule has 0 bridgehead atoms. The van der Waals surface area contributed by atoms with Crippen molar-refractivity contribution in [1.29, 1.82) is 0 Å². The Kier molecular flexibility index (Phi) is 5.70. The molecule has 1 unspecified atom stereocenters. The number of thiophene rings is 1. The van der Waals surface area contributed by atoms with E-state index in [-0.39, 0.29) is 11.9 Å². The number of amides is 1. The van der Waals surface area contributed by atoms with Crippen LogP contribution in [0.15, 0.2) is 41.8 Å². The first-order chi connectivity index (χ1) is 11.2. The zero-order valence-electron chi connectivity index (χ0n) is 13.0. The molecule has 1 saturated heterocycles. The Morgan fingerprint density at radius 3 is 2.57 bits per heavy atom. The predicted octanol–water partition coefficient (Wildman–Crippen LogP) is 4.36. The molecular formula is C18H21ClN2OS. The monoisotopic (exact) mass is 348 g/mol. The molecule has 1 aliphatic heterocycles. The molecule has 1 aromatic heterocycles. The summed E-state index contributed by atoms with van der Waals surface area (Å²) in [7, 11) is 0. The largest absolute Gasteiger partial charge is 0.349 e. The first kappa shape index (κ1) is 16.5. The molecule has 3 nitrogen and oxygen atoms in total. The van der Waals surface area contributed by atoms with Crippen LogP contribution in [0.5, 0.6) is 0 Å². The van der Waals surface area contributed by atoms with Crippen molar-refractivity contribution in [3.8, 4) is 0 Å². The molecule has 23 heavy (non-hydrogen) atoms. The zero-order chi connectivity index (χ0) is 16.1. The standard InChI is InChI=1S/C18H21ClN2OS/c19-15-8-6-14(7-9-15)16(21-10-2-1-3-11-21)13-20-18(22)17-5-4-12-23-17/h4-9,12,16H,1-3,10-11,13H2,(H,20,22). The first-order valence-electron chi connectivity index (χ1n) is 8.05. The number of carbonyl (C=O) groups excluding carboxylic acids is 1. The molecule has 0 spiro atoms. The highest BCUT2D eigenvalue weighted by atomic mass is 35.5. The quantitative estimate of drug-likeness (QED) is 0.870. The Bertz CT molecular complexity index is 621. The van der Waals surface area contributed by atoms with Crippen molar-refractivity contribution in [2.45, 2.75) is 25.3 Å². The Hall–Kier alpha value is -1.36. The van der Waals surface area contributed by atoms with Crippen LogP contribution in [-0.4, -0.2) is 30.4 Å². The molecule has 2 aromatic rings. The minimum Gasteiger partial charge on any atom is -0.349 e. The number of carbonyl (C=O) groups is 1. The smallest absolute Gasteiger partial charge is 0.261 e. The van der Waals surface area contributed by atoms with E-state index in [1.54, 1.807) is 0 Å². The lowest BCUT2D eigenvalue weighted by Crippen LogP contribution is -2.40. The van der Waals surface area contributed by atoms with Crippen molar-refractivity contribution in [2.24, 2.45) is 0 Å². The van der Waals surface area contributed by atoms with Gasteiger partial charge < -0.3 is 5.32 Å². The number of benzene rings is 1. The number of rotatable bonds is 5. The molecule has 122 valence electrons. The minimum absolute atomic E-state index is 0.0102. The highest BCUT2D eigenvalue weighted by Crippen LogP contribution is 2.25. The average molecular weight is 349 g/mol. The molecule has 1 fully saturated rings. The van der Waals surface area contributed by atoms with Crippen molar-refractivity contribution >= 4 is 28.8 Å². The van der Waals surface area contributed by atoms with Gasteiger partial charge in [0.15, 0.2) is 0 Å². The van der Waals surface area contributed by atoms with Crippen LogP contribution in [0.1, 0.15) is 40.5 Å². The second kappa shape index (κ2) is 7.95. The third-order valence-corrected chi connectivity index (χ3v) is 5.41. The van der Waals surface area contributed by atoms with E-state index in [4.69, 9.17) is 11.6 Å². The van der Waals surface area contributed by atoms with Gasteiger partial charge in [0.25, 0.3) is 5.91 Å². The Morgan fingerprint density at radius 1 is 1.17 bits per heavy atom. The van der Waals surface area contributed by atoms with Gasteiger partial charge in [-0.1, -0.05) is 36.2 Å². The number of piperidine rings is 1. The Morgan fingerprint density at radius 2 is 1.91 bits per heavy atom. The summed E-state index contributed by atoms with van der Waals surface area (Å²) in [6, 6.07) is 12.0. The third kappa shape index (κ3) is 4.34. The SMILES string of the molecule is O=C(NCC(c1ccc(Cl)cc1)N1CCCCC1)c1cccs1. The van der Waals surface area contributed by atoms with Crippen LogP contribution in [0.2, 0.25) is 5.02 Å². The van der Waals surface area contributed by atoms with Gasteiger partial charge in [0, 0.05) is 11.6 Å². The maximum atomic E-state index is 12.2. The van der Waals surface area contributed by atoms with E-state index in [9.17, 15) is 4.79 Å². The highest BCUT2D eigenvalue weighted by Gasteiger charge is 2.23. The van der Waals surface area contributed by atoms with E-state index in [1.165, 1.54) is 36.2 Å². The van der Waals surface area contributed by atoms with E-state index < -0.39 is 0 Å². The number of hydrogen-bond acceptors (Lipinski definition) is 3.